The molecule has 20 heavy (non-hydrogen) atoms. The zero-order valence-electron chi connectivity index (χ0n) is 11.4. The van der Waals surface area contributed by atoms with Gasteiger partial charge in [0.2, 0.25) is 0 Å². The Kier molecular flexibility index (Phi) is 4.44. The van der Waals surface area contributed by atoms with Crippen molar-refractivity contribution in [2.45, 2.75) is 19.8 Å². The number of aromatic carboxylic acids is 1. The molecule has 108 valence electrons. The van der Waals surface area contributed by atoms with E-state index in [1.54, 1.807) is 12.1 Å². The quantitative estimate of drug-likeness (QED) is 0.742. The lowest BCUT2D eigenvalue weighted by Gasteiger charge is -2.33. The maximum Gasteiger partial charge on any atom is 0.335 e. The lowest BCUT2D eigenvalue weighted by atomic mass is 9.98. The molecule has 5 nitrogen and oxygen atoms in total. The maximum atomic E-state index is 11.1. The molecule has 1 aromatic rings. The van der Waals surface area contributed by atoms with Gasteiger partial charge in [0, 0.05) is 13.1 Å². The average Bonchev–Trinajstić information content (AvgIpc) is 2.39. The SMILES string of the molecule is CC1CCN(c2ccc(C(=O)O)cc2NC(N)=S)CC1. The van der Waals surface area contributed by atoms with Crippen molar-refractivity contribution in [2.75, 3.05) is 23.3 Å². The van der Waals surface area contributed by atoms with Gasteiger partial charge in [-0.05, 0) is 49.2 Å². The summed E-state index contributed by atoms with van der Waals surface area (Å²) in [5.74, 6) is -0.230. The number of nitrogens with two attached hydrogens (primary N) is 1. The summed E-state index contributed by atoms with van der Waals surface area (Å²) in [6.07, 6.45) is 2.26. The van der Waals surface area contributed by atoms with Crippen molar-refractivity contribution in [1.29, 1.82) is 0 Å². The molecule has 0 saturated carbocycles. The molecule has 0 unspecified atom stereocenters. The summed E-state index contributed by atoms with van der Waals surface area (Å²) in [6.45, 7) is 4.16. The van der Waals surface area contributed by atoms with E-state index in [0.717, 1.165) is 37.5 Å². The van der Waals surface area contributed by atoms with Gasteiger partial charge in [-0.2, -0.15) is 0 Å². The number of nitrogens with zero attached hydrogens (tertiary/aromatic N) is 1. The van der Waals surface area contributed by atoms with Crippen LogP contribution in [0.15, 0.2) is 18.2 Å². The lowest BCUT2D eigenvalue weighted by molar-refractivity contribution is 0.0697. The molecule has 6 heteroatoms. The van der Waals surface area contributed by atoms with Gasteiger partial charge in [-0.15, -0.1) is 0 Å². The number of hydrogen-bond donors (Lipinski definition) is 3. The van der Waals surface area contributed by atoms with E-state index in [-0.39, 0.29) is 10.7 Å². The number of hydrogen-bond acceptors (Lipinski definition) is 3. The summed E-state index contributed by atoms with van der Waals surface area (Å²) in [7, 11) is 0. The second kappa shape index (κ2) is 6.09. The first-order valence-electron chi connectivity index (χ1n) is 6.66. The number of carboxylic acids is 1. The third-order valence-corrected chi connectivity index (χ3v) is 3.73. The highest BCUT2D eigenvalue weighted by molar-refractivity contribution is 7.80. The molecule has 1 aromatic carbocycles. The van der Waals surface area contributed by atoms with E-state index >= 15 is 0 Å². The minimum Gasteiger partial charge on any atom is -0.478 e. The molecule has 0 aromatic heterocycles. The maximum absolute atomic E-state index is 11.1. The van der Waals surface area contributed by atoms with E-state index in [9.17, 15) is 4.79 Å². The fraction of sp³-hybridized carbons (Fsp3) is 0.429. The molecule has 4 N–H and O–H groups in total. The smallest absolute Gasteiger partial charge is 0.335 e. The summed E-state index contributed by atoms with van der Waals surface area (Å²) >= 11 is 4.87. The van der Waals surface area contributed by atoms with Crippen LogP contribution in [0.3, 0.4) is 0 Å². The van der Waals surface area contributed by atoms with Crippen LogP contribution in [0.5, 0.6) is 0 Å². The van der Waals surface area contributed by atoms with Crippen LogP contribution in [0.1, 0.15) is 30.1 Å². The first-order valence-corrected chi connectivity index (χ1v) is 7.07. The normalized spacial score (nSPS) is 15.9. The van der Waals surface area contributed by atoms with Gasteiger partial charge in [0.05, 0.1) is 16.9 Å². The first kappa shape index (κ1) is 14.6. The highest BCUT2D eigenvalue weighted by Crippen LogP contribution is 2.30. The summed E-state index contributed by atoms with van der Waals surface area (Å²) in [6, 6.07) is 5.01. The summed E-state index contributed by atoms with van der Waals surface area (Å²) < 4.78 is 0. The number of anilines is 2. The van der Waals surface area contributed by atoms with Crippen LogP contribution in [0.4, 0.5) is 11.4 Å². The minimum absolute atomic E-state index is 0.138. The van der Waals surface area contributed by atoms with E-state index in [2.05, 4.69) is 17.1 Å². The van der Waals surface area contributed by atoms with Crippen molar-refractivity contribution in [2.24, 2.45) is 11.7 Å². The van der Waals surface area contributed by atoms with Crippen molar-refractivity contribution >= 4 is 34.7 Å². The van der Waals surface area contributed by atoms with Crippen molar-refractivity contribution < 1.29 is 9.90 Å². The number of rotatable bonds is 3. The number of carbonyl (C=O) groups is 1. The number of carboxylic acid groups (broad SMARTS) is 1. The Morgan fingerprint density at radius 1 is 1.45 bits per heavy atom. The van der Waals surface area contributed by atoms with Gasteiger partial charge in [0.1, 0.15) is 0 Å². The van der Waals surface area contributed by atoms with Gasteiger partial charge in [-0.25, -0.2) is 4.79 Å². The molecule has 1 heterocycles. The Hall–Kier alpha value is -1.82. The van der Waals surface area contributed by atoms with Gasteiger partial charge < -0.3 is 21.1 Å². The Morgan fingerprint density at radius 3 is 2.65 bits per heavy atom. The fourth-order valence-electron chi connectivity index (χ4n) is 2.43. The van der Waals surface area contributed by atoms with Gasteiger partial charge in [-0.3, -0.25) is 0 Å². The third kappa shape index (κ3) is 3.39. The topological polar surface area (TPSA) is 78.6 Å². The lowest BCUT2D eigenvalue weighted by Crippen LogP contribution is -2.34. The molecule has 0 atom stereocenters. The van der Waals surface area contributed by atoms with Gasteiger partial charge in [0.25, 0.3) is 0 Å². The molecule has 0 radical (unpaired) electrons. The standard InChI is InChI=1S/C14H19N3O2S/c1-9-4-6-17(7-5-9)12-3-2-10(13(18)19)8-11(12)16-14(15)20/h2-3,8-9H,4-7H2,1H3,(H,18,19)(H3,15,16,20). The highest BCUT2D eigenvalue weighted by atomic mass is 32.1. The van der Waals surface area contributed by atoms with Crippen molar-refractivity contribution in [1.82, 2.24) is 0 Å². The van der Waals surface area contributed by atoms with Crippen LogP contribution in [-0.2, 0) is 0 Å². The molecule has 1 fully saturated rings. The second-order valence-electron chi connectivity index (χ2n) is 5.20. The Balaban J connectivity index is 2.30. The Labute approximate surface area is 123 Å². The zero-order valence-corrected chi connectivity index (χ0v) is 12.2. The molecule has 0 amide bonds. The summed E-state index contributed by atoms with van der Waals surface area (Å²) in [5.41, 5.74) is 7.36. The molecule has 1 aliphatic heterocycles. The van der Waals surface area contributed by atoms with Gasteiger partial charge in [0.15, 0.2) is 5.11 Å². The number of benzene rings is 1. The third-order valence-electron chi connectivity index (χ3n) is 3.63. The molecule has 1 aliphatic rings. The van der Waals surface area contributed by atoms with Crippen LogP contribution in [-0.4, -0.2) is 29.3 Å². The minimum atomic E-state index is -0.963. The summed E-state index contributed by atoms with van der Waals surface area (Å²) in [5, 5.41) is 12.1. The van der Waals surface area contributed by atoms with Crippen molar-refractivity contribution in [3.63, 3.8) is 0 Å². The number of piperidine rings is 1. The molecule has 0 bridgehead atoms. The van der Waals surface area contributed by atoms with E-state index in [4.69, 9.17) is 23.1 Å². The van der Waals surface area contributed by atoms with E-state index < -0.39 is 5.97 Å². The van der Waals surface area contributed by atoms with Crippen LogP contribution in [0.25, 0.3) is 0 Å². The van der Waals surface area contributed by atoms with E-state index in [1.165, 1.54) is 0 Å². The Morgan fingerprint density at radius 2 is 2.10 bits per heavy atom. The molecule has 1 saturated heterocycles. The monoisotopic (exact) mass is 293 g/mol. The predicted molar refractivity (Wildman–Crippen MR) is 84.4 cm³/mol. The predicted octanol–water partition coefficient (Wildman–Crippen LogP) is 2.28. The zero-order chi connectivity index (χ0) is 14.7. The highest BCUT2D eigenvalue weighted by Gasteiger charge is 2.19. The van der Waals surface area contributed by atoms with Gasteiger partial charge in [-0.1, -0.05) is 6.92 Å². The molecule has 0 spiro atoms. The van der Waals surface area contributed by atoms with Crippen LogP contribution < -0.4 is 16.0 Å². The molecular weight excluding hydrogens is 274 g/mol. The van der Waals surface area contributed by atoms with Crippen LogP contribution in [0, 0.1) is 5.92 Å². The number of nitrogens with one attached hydrogen (secondary N) is 1. The average molecular weight is 293 g/mol. The van der Waals surface area contributed by atoms with Crippen LogP contribution in [0.2, 0.25) is 0 Å². The summed E-state index contributed by atoms with van der Waals surface area (Å²) in [4.78, 5) is 13.3. The van der Waals surface area contributed by atoms with Gasteiger partial charge >= 0.3 is 5.97 Å². The fourth-order valence-corrected chi connectivity index (χ4v) is 2.54. The molecule has 2 rings (SSSR count). The molecule has 0 aliphatic carbocycles. The number of thiocarbonyl (C=S) groups is 1. The van der Waals surface area contributed by atoms with Crippen molar-refractivity contribution in [3.05, 3.63) is 23.8 Å². The van der Waals surface area contributed by atoms with E-state index in [0.29, 0.717) is 5.69 Å². The second-order valence-corrected chi connectivity index (χ2v) is 5.64. The first-order chi connectivity index (χ1) is 9.47. The largest absolute Gasteiger partial charge is 0.478 e. The van der Waals surface area contributed by atoms with Crippen molar-refractivity contribution in [3.8, 4) is 0 Å². The Bertz CT molecular complexity index is 525. The molecular formula is C14H19N3O2S. The van der Waals surface area contributed by atoms with Crippen LogP contribution >= 0.6 is 12.2 Å². The van der Waals surface area contributed by atoms with E-state index in [1.807, 2.05) is 6.07 Å².